The smallest absolute Gasteiger partial charge is 0.334 e. The van der Waals surface area contributed by atoms with Crippen molar-refractivity contribution in [2.75, 3.05) is 11.5 Å². The van der Waals surface area contributed by atoms with Gasteiger partial charge in [-0.2, -0.15) is 11.8 Å². The Labute approximate surface area is 124 Å². The van der Waals surface area contributed by atoms with Gasteiger partial charge in [-0.1, -0.05) is 44.2 Å². The molecule has 0 heterocycles. The lowest BCUT2D eigenvalue weighted by Crippen LogP contribution is -2.52. The van der Waals surface area contributed by atoms with Gasteiger partial charge in [-0.3, -0.25) is 4.79 Å². The van der Waals surface area contributed by atoms with Crippen LogP contribution in [0.25, 0.3) is 0 Å². The Hall–Kier alpha value is -1.49. The Kier molecular flexibility index (Phi) is 6.58. The zero-order valence-electron chi connectivity index (χ0n) is 11.9. The van der Waals surface area contributed by atoms with Crippen LogP contribution in [-0.4, -0.2) is 28.5 Å². The van der Waals surface area contributed by atoms with E-state index in [1.165, 1.54) is 11.8 Å². The molecular formula is C15H21NO3S. The lowest BCUT2D eigenvalue weighted by atomic mass is 9.87. The fourth-order valence-electron chi connectivity index (χ4n) is 2.00. The highest BCUT2D eigenvalue weighted by Gasteiger charge is 2.39. The number of aliphatic carboxylic acids is 1. The van der Waals surface area contributed by atoms with Gasteiger partial charge in [-0.05, 0) is 24.2 Å². The monoisotopic (exact) mass is 295 g/mol. The van der Waals surface area contributed by atoms with E-state index >= 15 is 0 Å². The maximum atomic E-state index is 12.0. The van der Waals surface area contributed by atoms with Crippen molar-refractivity contribution in [1.82, 2.24) is 5.32 Å². The third kappa shape index (κ3) is 4.00. The lowest BCUT2D eigenvalue weighted by molar-refractivity contribution is -0.148. The predicted molar refractivity (Wildman–Crippen MR) is 81.8 cm³/mol. The minimum atomic E-state index is -1.34. The van der Waals surface area contributed by atoms with Crippen molar-refractivity contribution in [3.05, 3.63) is 35.9 Å². The summed E-state index contributed by atoms with van der Waals surface area (Å²) in [6, 6.07) is 8.85. The first-order valence-corrected chi connectivity index (χ1v) is 7.90. The Balaban J connectivity index is 2.90. The van der Waals surface area contributed by atoms with E-state index < -0.39 is 11.5 Å². The quantitative estimate of drug-likeness (QED) is 0.724. The highest BCUT2D eigenvalue weighted by atomic mass is 32.2. The van der Waals surface area contributed by atoms with Gasteiger partial charge in [0.2, 0.25) is 5.91 Å². The number of benzene rings is 1. The second kappa shape index (κ2) is 7.94. The van der Waals surface area contributed by atoms with Gasteiger partial charge in [0.25, 0.3) is 0 Å². The largest absolute Gasteiger partial charge is 0.479 e. The molecule has 0 spiro atoms. The number of amides is 1. The molecule has 2 N–H and O–H groups in total. The first kappa shape index (κ1) is 16.6. The highest BCUT2D eigenvalue weighted by Crippen LogP contribution is 2.25. The number of carbonyl (C=O) groups is 2. The number of thioether (sulfide) groups is 1. The van der Waals surface area contributed by atoms with E-state index in [2.05, 4.69) is 5.32 Å². The summed E-state index contributed by atoms with van der Waals surface area (Å²) >= 11 is 1.51. The Bertz CT molecular complexity index is 450. The molecule has 0 bridgehead atoms. The summed E-state index contributed by atoms with van der Waals surface area (Å²) < 4.78 is 0. The number of carboxylic acids is 1. The summed E-state index contributed by atoms with van der Waals surface area (Å²) in [6.45, 7) is 3.81. The fraction of sp³-hybridized carbons (Fsp3) is 0.467. The van der Waals surface area contributed by atoms with Crippen LogP contribution in [0.3, 0.4) is 0 Å². The first-order valence-electron chi connectivity index (χ1n) is 6.74. The zero-order chi connectivity index (χ0) is 15.0. The van der Waals surface area contributed by atoms with Crippen LogP contribution in [0.1, 0.15) is 32.3 Å². The van der Waals surface area contributed by atoms with E-state index in [1.807, 2.05) is 13.0 Å². The van der Waals surface area contributed by atoms with Crippen molar-refractivity contribution in [3.63, 3.8) is 0 Å². The summed E-state index contributed by atoms with van der Waals surface area (Å²) in [5.41, 5.74) is -0.741. The van der Waals surface area contributed by atoms with E-state index in [1.54, 1.807) is 31.2 Å². The average Bonchev–Trinajstić information content (AvgIpc) is 2.45. The molecular weight excluding hydrogens is 274 g/mol. The van der Waals surface area contributed by atoms with Crippen LogP contribution >= 0.6 is 11.8 Å². The second-order valence-corrected chi connectivity index (χ2v) is 5.64. The van der Waals surface area contributed by atoms with E-state index in [0.29, 0.717) is 12.0 Å². The Morgan fingerprint density at radius 1 is 1.25 bits per heavy atom. The standard InChI is InChI=1S/C15H21NO3S/c1-3-10-20-11-13(17)16-15(4-2,14(18)19)12-8-6-5-7-9-12/h5-9H,3-4,10-11H2,1-2H3,(H,16,17)(H,18,19). The normalized spacial score (nSPS) is 13.5. The molecule has 0 saturated carbocycles. The Morgan fingerprint density at radius 2 is 1.90 bits per heavy atom. The molecule has 1 aromatic carbocycles. The molecule has 0 aromatic heterocycles. The topological polar surface area (TPSA) is 66.4 Å². The van der Waals surface area contributed by atoms with Crippen LogP contribution < -0.4 is 5.32 Å². The summed E-state index contributed by atoms with van der Waals surface area (Å²) in [6.07, 6.45) is 1.30. The highest BCUT2D eigenvalue weighted by molar-refractivity contribution is 7.99. The SMILES string of the molecule is CCCSCC(=O)NC(CC)(C(=O)O)c1ccccc1. The van der Waals surface area contributed by atoms with Crippen molar-refractivity contribution in [3.8, 4) is 0 Å². The summed E-state index contributed by atoms with van der Waals surface area (Å²) in [5.74, 6) is -0.0858. The Morgan fingerprint density at radius 3 is 2.40 bits per heavy atom. The maximum absolute atomic E-state index is 12.0. The minimum Gasteiger partial charge on any atom is -0.479 e. The van der Waals surface area contributed by atoms with Gasteiger partial charge >= 0.3 is 5.97 Å². The van der Waals surface area contributed by atoms with Crippen molar-refractivity contribution in [2.45, 2.75) is 32.2 Å². The predicted octanol–water partition coefficient (Wildman–Crippen LogP) is 2.64. The third-order valence-electron chi connectivity index (χ3n) is 3.10. The zero-order valence-corrected chi connectivity index (χ0v) is 12.7. The van der Waals surface area contributed by atoms with Gasteiger partial charge in [0.05, 0.1) is 5.75 Å². The van der Waals surface area contributed by atoms with Gasteiger partial charge < -0.3 is 10.4 Å². The molecule has 1 aromatic rings. The molecule has 1 unspecified atom stereocenters. The minimum absolute atomic E-state index is 0.239. The summed E-state index contributed by atoms with van der Waals surface area (Å²) in [5, 5.41) is 12.3. The molecule has 0 aliphatic carbocycles. The number of hydrogen-bond acceptors (Lipinski definition) is 3. The summed E-state index contributed by atoms with van der Waals surface area (Å²) in [7, 11) is 0. The van der Waals surface area contributed by atoms with Crippen molar-refractivity contribution >= 4 is 23.6 Å². The van der Waals surface area contributed by atoms with E-state index in [9.17, 15) is 14.7 Å². The number of rotatable bonds is 8. The van der Waals surface area contributed by atoms with Crippen LogP contribution in [0.15, 0.2) is 30.3 Å². The molecule has 0 aliphatic rings. The van der Waals surface area contributed by atoms with Crippen LogP contribution in [-0.2, 0) is 15.1 Å². The number of carbonyl (C=O) groups excluding carboxylic acids is 1. The molecule has 1 atom stereocenters. The number of hydrogen-bond donors (Lipinski definition) is 2. The number of carboxylic acid groups (broad SMARTS) is 1. The van der Waals surface area contributed by atoms with Crippen LogP contribution in [0, 0.1) is 0 Å². The molecule has 4 nitrogen and oxygen atoms in total. The molecule has 0 aliphatic heterocycles. The molecule has 1 rings (SSSR count). The van der Waals surface area contributed by atoms with Gasteiger partial charge in [0.1, 0.15) is 0 Å². The van der Waals surface area contributed by atoms with Gasteiger partial charge in [-0.25, -0.2) is 4.79 Å². The molecule has 20 heavy (non-hydrogen) atoms. The third-order valence-corrected chi connectivity index (χ3v) is 4.26. The number of nitrogens with one attached hydrogen (secondary N) is 1. The van der Waals surface area contributed by atoms with Gasteiger partial charge in [0.15, 0.2) is 5.54 Å². The van der Waals surface area contributed by atoms with Crippen LogP contribution in [0.4, 0.5) is 0 Å². The maximum Gasteiger partial charge on any atom is 0.334 e. The molecule has 1 amide bonds. The van der Waals surface area contributed by atoms with Crippen LogP contribution in [0.5, 0.6) is 0 Å². The molecule has 5 heteroatoms. The molecule has 0 fully saturated rings. The van der Waals surface area contributed by atoms with Gasteiger partial charge in [0, 0.05) is 0 Å². The van der Waals surface area contributed by atoms with E-state index in [-0.39, 0.29) is 11.7 Å². The average molecular weight is 295 g/mol. The van der Waals surface area contributed by atoms with Crippen molar-refractivity contribution < 1.29 is 14.7 Å². The lowest BCUT2D eigenvalue weighted by Gasteiger charge is -2.30. The fourth-order valence-corrected chi connectivity index (χ4v) is 2.69. The first-order chi connectivity index (χ1) is 9.56. The molecule has 110 valence electrons. The van der Waals surface area contributed by atoms with Crippen molar-refractivity contribution in [2.24, 2.45) is 0 Å². The van der Waals surface area contributed by atoms with E-state index in [0.717, 1.165) is 12.2 Å². The second-order valence-electron chi connectivity index (χ2n) is 4.53. The van der Waals surface area contributed by atoms with Gasteiger partial charge in [-0.15, -0.1) is 0 Å². The van der Waals surface area contributed by atoms with Crippen LogP contribution in [0.2, 0.25) is 0 Å². The molecule has 0 radical (unpaired) electrons. The van der Waals surface area contributed by atoms with Crippen molar-refractivity contribution in [1.29, 1.82) is 0 Å². The molecule has 0 saturated heterocycles. The van der Waals surface area contributed by atoms with E-state index in [4.69, 9.17) is 0 Å². The summed E-state index contributed by atoms with van der Waals surface area (Å²) in [4.78, 5) is 23.7.